The number of nitrogens with zero attached hydrogens (tertiary/aromatic N) is 2. The fourth-order valence-electron chi connectivity index (χ4n) is 0.929. The average molecular weight is 166 g/mol. The van der Waals surface area contributed by atoms with Gasteiger partial charge in [-0.1, -0.05) is 18.2 Å². The molecule has 0 atom stereocenters. The van der Waals surface area contributed by atoms with Gasteiger partial charge < -0.3 is 0 Å². The van der Waals surface area contributed by atoms with Crippen LogP contribution >= 0.6 is 0 Å². The Morgan fingerprint density at radius 3 is 2.17 bits per heavy atom. The summed E-state index contributed by atoms with van der Waals surface area (Å²) in [5.74, 6) is 0. The highest BCUT2D eigenvalue weighted by atomic mass is 16.7. The van der Waals surface area contributed by atoms with E-state index in [1.54, 1.807) is 12.3 Å². The van der Waals surface area contributed by atoms with Gasteiger partial charge in [0.25, 0.3) is 0 Å². The second-order valence-electron chi connectivity index (χ2n) is 2.51. The molecule has 0 unspecified atom stereocenters. The summed E-state index contributed by atoms with van der Waals surface area (Å²) < 4.78 is 0. The van der Waals surface area contributed by atoms with E-state index in [2.05, 4.69) is 0 Å². The Bertz CT molecular complexity index is 225. The zero-order valence-corrected chi connectivity index (χ0v) is 7.69. The molecule has 1 aromatic rings. The largest absolute Gasteiger partial charge is 0.287 e. The Morgan fingerprint density at radius 2 is 1.67 bits per heavy atom. The molecule has 0 aromatic heterocycles. The molecule has 0 saturated carbocycles. The van der Waals surface area contributed by atoms with Gasteiger partial charge in [-0.3, -0.25) is 9.85 Å². The molecule has 0 saturated heterocycles. The van der Waals surface area contributed by atoms with Gasteiger partial charge in [-0.25, -0.2) is 0 Å². The second-order valence-corrected chi connectivity index (χ2v) is 2.51. The van der Waals surface area contributed by atoms with Gasteiger partial charge in [0.1, 0.15) is 0 Å². The first-order valence-electron chi connectivity index (χ1n) is 3.82. The van der Waals surface area contributed by atoms with Crippen LogP contribution < -0.4 is 5.01 Å². The third-order valence-electron chi connectivity index (χ3n) is 1.82. The van der Waals surface area contributed by atoms with E-state index < -0.39 is 0 Å². The third-order valence-corrected chi connectivity index (χ3v) is 1.82. The fraction of sp³-hybridized carbons (Fsp3) is 0.333. The highest BCUT2D eigenvalue weighted by Crippen LogP contribution is 2.11. The van der Waals surface area contributed by atoms with E-state index in [1.165, 1.54) is 0 Å². The minimum Gasteiger partial charge on any atom is -0.287 e. The topological polar surface area (TPSA) is 15.7 Å². The Labute approximate surface area is 73.1 Å². The first kappa shape index (κ1) is 9.03. The quantitative estimate of drug-likeness (QED) is 0.633. The summed E-state index contributed by atoms with van der Waals surface area (Å²) in [5, 5.41) is 3.58. The average Bonchev–Trinajstić information content (AvgIpc) is 2.17. The number of hydrogen-bond donors (Lipinski definition) is 0. The van der Waals surface area contributed by atoms with Crippen LogP contribution in [0.1, 0.15) is 0 Å². The summed E-state index contributed by atoms with van der Waals surface area (Å²) in [5.41, 5.74) is 1.10. The van der Waals surface area contributed by atoms with Crippen molar-refractivity contribution < 1.29 is 4.84 Å². The number of para-hydroxylation sites is 1. The van der Waals surface area contributed by atoms with Crippen molar-refractivity contribution in [3.05, 3.63) is 30.3 Å². The molecule has 0 N–H and O–H groups in total. The fourth-order valence-corrected chi connectivity index (χ4v) is 0.929. The van der Waals surface area contributed by atoms with Crippen LogP contribution in [0.3, 0.4) is 0 Å². The van der Waals surface area contributed by atoms with E-state index in [1.807, 2.05) is 49.4 Å². The van der Waals surface area contributed by atoms with Crippen molar-refractivity contribution in [3.63, 3.8) is 0 Å². The first-order valence-corrected chi connectivity index (χ1v) is 3.82. The SMILES string of the molecule is CON(C)N(C)c1ccccc1. The van der Waals surface area contributed by atoms with Gasteiger partial charge in [0.05, 0.1) is 12.8 Å². The Kier molecular flexibility index (Phi) is 3.08. The lowest BCUT2D eigenvalue weighted by Crippen LogP contribution is -2.35. The number of benzene rings is 1. The Hall–Kier alpha value is -1.06. The van der Waals surface area contributed by atoms with Crippen LogP contribution in [0.5, 0.6) is 0 Å². The molecule has 12 heavy (non-hydrogen) atoms. The highest BCUT2D eigenvalue weighted by molar-refractivity contribution is 5.43. The number of hydroxylamine groups is 1. The molecule has 0 bridgehead atoms. The van der Waals surface area contributed by atoms with Crippen molar-refractivity contribution in [2.24, 2.45) is 0 Å². The molecule has 66 valence electrons. The summed E-state index contributed by atoms with van der Waals surface area (Å²) >= 11 is 0. The van der Waals surface area contributed by atoms with Gasteiger partial charge in [0.15, 0.2) is 0 Å². The zero-order chi connectivity index (χ0) is 8.97. The molecule has 3 nitrogen and oxygen atoms in total. The second kappa shape index (κ2) is 4.09. The van der Waals surface area contributed by atoms with Crippen LogP contribution in [0.2, 0.25) is 0 Å². The number of hydrazine groups is 1. The van der Waals surface area contributed by atoms with Gasteiger partial charge in [-0.2, -0.15) is 0 Å². The van der Waals surface area contributed by atoms with Crippen molar-refractivity contribution in [2.75, 3.05) is 26.2 Å². The third kappa shape index (κ3) is 1.96. The standard InChI is InChI=1S/C9H14N2O/c1-10(11(2)12-3)9-7-5-4-6-8-9/h4-8H,1-3H3. The summed E-state index contributed by atoms with van der Waals surface area (Å²) in [6.45, 7) is 0. The van der Waals surface area contributed by atoms with Crippen molar-refractivity contribution >= 4 is 5.69 Å². The molecule has 1 rings (SSSR count). The summed E-state index contributed by atoms with van der Waals surface area (Å²) in [6.07, 6.45) is 0. The van der Waals surface area contributed by atoms with Gasteiger partial charge in [-0.05, 0) is 12.1 Å². The maximum atomic E-state index is 5.03. The Balaban J connectivity index is 2.71. The molecule has 0 heterocycles. The van der Waals surface area contributed by atoms with Crippen molar-refractivity contribution in [1.29, 1.82) is 0 Å². The van der Waals surface area contributed by atoms with E-state index in [-0.39, 0.29) is 0 Å². The van der Waals surface area contributed by atoms with Crippen molar-refractivity contribution in [3.8, 4) is 0 Å². The van der Waals surface area contributed by atoms with Crippen LogP contribution in [-0.4, -0.2) is 26.4 Å². The lowest BCUT2D eigenvalue weighted by Gasteiger charge is -2.27. The summed E-state index contributed by atoms with van der Waals surface area (Å²) in [4.78, 5) is 5.03. The summed E-state index contributed by atoms with van der Waals surface area (Å²) in [6, 6.07) is 10.0. The lowest BCUT2D eigenvalue weighted by molar-refractivity contribution is -0.114. The highest BCUT2D eigenvalue weighted by Gasteiger charge is 2.03. The molecule has 1 aromatic carbocycles. The smallest absolute Gasteiger partial charge is 0.0596 e. The van der Waals surface area contributed by atoms with Crippen LogP contribution in [0.25, 0.3) is 0 Å². The van der Waals surface area contributed by atoms with Crippen LogP contribution in [-0.2, 0) is 4.84 Å². The summed E-state index contributed by atoms with van der Waals surface area (Å²) in [7, 11) is 5.44. The maximum absolute atomic E-state index is 5.03. The van der Waals surface area contributed by atoms with Crippen LogP contribution in [0.4, 0.5) is 5.69 Å². The molecule has 0 amide bonds. The minimum atomic E-state index is 1.10. The van der Waals surface area contributed by atoms with Gasteiger partial charge in [-0.15, -0.1) is 5.17 Å². The molecule has 0 radical (unpaired) electrons. The van der Waals surface area contributed by atoms with Gasteiger partial charge >= 0.3 is 0 Å². The van der Waals surface area contributed by atoms with Crippen LogP contribution in [0.15, 0.2) is 30.3 Å². The first-order chi connectivity index (χ1) is 5.75. The Morgan fingerprint density at radius 1 is 1.08 bits per heavy atom. The maximum Gasteiger partial charge on any atom is 0.0596 e. The molecule has 0 aliphatic heterocycles. The minimum absolute atomic E-state index is 1.10. The van der Waals surface area contributed by atoms with Crippen LogP contribution in [0, 0.1) is 0 Å². The normalized spacial score (nSPS) is 10.3. The van der Waals surface area contributed by atoms with Crippen molar-refractivity contribution in [1.82, 2.24) is 5.17 Å². The van der Waals surface area contributed by atoms with E-state index >= 15 is 0 Å². The number of rotatable bonds is 3. The van der Waals surface area contributed by atoms with Gasteiger partial charge in [0.2, 0.25) is 0 Å². The van der Waals surface area contributed by atoms with E-state index in [4.69, 9.17) is 4.84 Å². The molecule has 0 aliphatic rings. The molecule has 0 fully saturated rings. The molecule has 0 spiro atoms. The monoisotopic (exact) mass is 166 g/mol. The van der Waals surface area contributed by atoms with E-state index in [9.17, 15) is 0 Å². The molecular weight excluding hydrogens is 152 g/mol. The number of anilines is 1. The molecule has 3 heteroatoms. The van der Waals surface area contributed by atoms with E-state index in [0.29, 0.717) is 0 Å². The lowest BCUT2D eigenvalue weighted by atomic mass is 10.3. The predicted octanol–water partition coefficient (Wildman–Crippen LogP) is 1.53. The zero-order valence-electron chi connectivity index (χ0n) is 7.69. The van der Waals surface area contributed by atoms with Gasteiger partial charge in [0, 0.05) is 14.1 Å². The predicted molar refractivity (Wildman–Crippen MR) is 49.6 cm³/mol. The number of hydrogen-bond acceptors (Lipinski definition) is 3. The van der Waals surface area contributed by atoms with Crippen molar-refractivity contribution in [2.45, 2.75) is 0 Å². The molecule has 0 aliphatic carbocycles. The van der Waals surface area contributed by atoms with E-state index in [0.717, 1.165) is 5.69 Å². The molecular formula is C9H14N2O.